The van der Waals surface area contributed by atoms with Crippen LogP contribution in [0.3, 0.4) is 0 Å². The average Bonchev–Trinajstić information content (AvgIpc) is 3.47. The molecular formula is C76H140O6. The van der Waals surface area contributed by atoms with Crippen molar-refractivity contribution in [3.05, 3.63) is 48.6 Å². The summed E-state index contributed by atoms with van der Waals surface area (Å²) in [4.78, 5) is 38.4. The maximum atomic E-state index is 12.9. The molecule has 0 spiro atoms. The van der Waals surface area contributed by atoms with Crippen LogP contribution >= 0.6 is 0 Å². The van der Waals surface area contributed by atoms with Crippen molar-refractivity contribution >= 4 is 17.9 Å². The molecule has 0 saturated heterocycles. The van der Waals surface area contributed by atoms with Crippen LogP contribution in [0.5, 0.6) is 0 Å². The predicted octanol–water partition coefficient (Wildman–Crippen LogP) is 25.3. The van der Waals surface area contributed by atoms with E-state index in [4.69, 9.17) is 14.2 Å². The van der Waals surface area contributed by atoms with Crippen molar-refractivity contribution < 1.29 is 28.6 Å². The highest BCUT2D eigenvalue weighted by Crippen LogP contribution is 2.18. The second-order valence-corrected chi connectivity index (χ2v) is 24.9. The predicted molar refractivity (Wildman–Crippen MR) is 358 cm³/mol. The molecule has 0 radical (unpaired) electrons. The van der Waals surface area contributed by atoms with Gasteiger partial charge in [0.2, 0.25) is 0 Å². The molecule has 0 bridgehead atoms. The zero-order valence-corrected chi connectivity index (χ0v) is 55.3. The molecule has 6 heteroatoms. The van der Waals surface area contributed by atoms with Gasteiger partial charge in [-0.2, -0.15) is 0 Å². The lowest BCUT2D eigenvalue weighted by Crippen LogP contribution is -2.30. The normalized spacial score (nSPS) is 12.3. The second kappa shape index (κ2) is 70.9. The van der Waals surface area contributed by atoms with E-state index < -0.39 is 6.10 Å². The van der Waals surface area contributed by atoms with E-state index in [1.165, 1.54) is 283 Å². The maximum Gasteiger partial charge on any atom is 0.306 e. The Morgan fingerprint density at radius 1 is 0.244 bits per heavy atom. The third-order valence-electron chi connectivity index (χ3n) is 16.6. The van der Waals surface area contributed by atoms with Gasteiger partial charge in [0.05, 0.1) is 0 Å². The minimum absolute atomic E-state index is 0.0706. The van der Waals surface area contributed by atoms with Crippen molar-refractivity contribution in [3.63, 3.8) is 0 Å². The van der Waals surface area contributed by atoms with Gasteiger partial charge in [0.1, 0.15) is 13.2 Å². The van der Waals surface area contributed by atoms with Crippen molar-refractivity contribution in [2.75, 3.05) is 13.2 Å². The largest absolute Gasteiger partial charge is 0.462 e. The van der Waals surface area contributed by atoms with E-state index >= 15 is 0 Å². The monoisotopic (exact) mass is 1150 g/mol. The van der Waals surface area contributed by atoms with Gasteiger partial charge < -0.3 is 14.2 Å². The Morgan fingerprint density at radius 3 is 0.683 bits per heavy atom. The Morgan fingerprint density at radius 2 is 0.439 bits per heavy atom. The lowest BCUT2D eigenvalue weighted by atomic mass is 10.0. The number of rotatable bonds is 68. The molecule has 480 valence electrons. The highest BCUT2D eigenvalue weighted by atomic mass is 16.6. The third-order valence-corrected chi connectivity index (χ3v) is 16.6. The van der Waals surface area contributed by atoms with Crippen molar-refractivity contribution in [2.24, 2.45) is 0 Å². The highest BCUT2D eigenvalue weighted by Gasteiger charge is 2.19. The summed E-state index contributed by atoms with van der Waals surface area (Å²) >= 11 is 0. The first-order valence-electron chi connectivity index (χ1n) is 36.6. The van der Waals surface area contributed by atoms with Crippen LogP contribution in [-0.4, -0.2) is 37.2 Å². The van der Waals surface area contributed by atoms with Gasteiger partial charge in [-0.15, -0.1) is 0 Å². The quantitative estimate of drug-likeness (QED) is 0.0261. The Balaban J connectivity index is 4.13. The minimum Gasteiger partial charge on any atom is -0.462 e. The van der Waals surface area contributed by atoms with Crippen molar-refractivity contribution in [2.45, 2.75) is 406 Å². The number of allylic oxidation sites excluding steroid dienone is 8. The second-order valence-electron chi connectivity index (χ2n) is 24.9. The maximum absolute atomic E-state index is 12.9. The van der Waals surface area contributed by atoms with Gasteiger partial charge in [-0.1, -0.05) is 345 Å². The lowest BCUT2D eigenvalue weighted by molar-refractivity contribution is -0.167. The van der Waals surface area contributed by atoms with Crippen LogP contribution in [0.4, 0.5) is 0 Å². The summed E-state index contributed by atoms with van der Waals surface area (Å²) in [6, 6.07) is 0. The van der Waals surface area contributed by atoms with Gasteiger partial charge >= 0.3 is 17.9 Å². The van der Waals surface area contributed by atoms with E-state index in [0.29, 0.717) is 19.3 Å². The van der Waals surface area contributed by atoms with E-state index in [1.807, 2.05) is 0 Å². The van der Waals surface area contributed by atoms with E-state index in [2.05, 4.69) is 69.4 Å². The summed E-state index contributed by atoms with van der Waals surface area (Å²) in [7, 11) is 0. The Hall–Kier alpha value is -2.63. The first kappa shape index (κ1) is 79.4. The zero-order valence-electron chi connectivity index (χ0n) is 55.3. The summed E-state index contributed by atoms with van der Waals surface area (Å²) in [5.41, 5.74) is 0. The average molecular weight is 1150 g/mol. The van der Waals surface area contributed by atoms with Gasteiger partial charge in [0, 0.05) is 19.3 Å². The number of esters is 3. The van der Waals surface area contributed by atoms with E-state index in [-0.39, 0.29) is 31.1 Å². The molecule has 0 aliphatic heterocycles. The number of carbonyl (C=O) groups excluding carboxylic acids is 3. The minimum atomic E-state index is -0.775. The standard InChI is InChI=1S/C76H140O6/c1-4-7-10-13-16-19-22-25-27-29-31-32-33-34-35-36-37-38-39-40-41-42-43-44-45-47-48-51-54-57-60-63-66-69-75(78)81-72-73(71-80-74(77)68-65-62-59-56-53-50-24-21-18-15-12-9-6-3)82-76(79)70-67-64-61-58-55-52-49-46-30-28-26-23-20-17-14-11-8-5-2/h20,22-23,25,28-31,73H,4-19,21,24,26-27,32-72H2,1-3H3/b23-20-,25-22-,30-28-,31-29-. The third kappa shape index (κ3) is 68.2. The Bertz CT molecular complexity index is 1410. The fourth-order valence-electron chi connectivity index (χ4n) is 11.0. The van der Waals surface area contributed by atoms with Crippen LogP contribution in [-0.2, 0) is 28.6 Å². The molecular weight excluding hydrogens is 1010 g/mol. The summed E-state index contributed by atoms with van der Waals surface area (Å²) in [6.45, 7) is 6.67. The zero-order chi connectivity index (χ0) is 59.2. The molecule has 6 nitrogen and oxygen atoms in total. The fourth-order valence-corrected chi connectivity index (χ4v) is 11.0. The molecule has 0 fully saturated rings. The van der Waals surface area contributed by atoms with Gasteiger partial charge in [0.15, 0.2) is 6.10 Å². The van der Waals surface area contributed by atoms with Crippen LogP contribution in [0.15, 0.2) is 48.6 Å². The number of hydrogen-bond donors (Lipinski definition) is 0. The number of ether oxygens (including phenoxy) is 3. The molecule has 0 aliphatic carbocycles. The molecule has 0 aromatic carbocycles. The van der Waals surface area contributed by atoms with Crippen molar-refractivity contribution in [3.8, 4) is 0 Å². The highest BCUT2D eigenvalue weighted by molar-refractivity contribution is 5.71. The molecule has 0 rings (SSSR count). The van der Waals surface area contributed by atoms with Crippen LogP contribution in [0, 0.1) is 0 Å². The molecule has 82 heavy (non-hydrogen) atoms. The molecule has 0 aromatic rings. The molecule has 1 atom stereocenters. The van der Waals surface area contributed by atoms with Crippen LogP contribution in [0.25, 0.3) is 0 Å². The number of hydrogen-bond acceptors (Lipinski definition) is 6. The van der Waals surface area contributed by atoms with Gasteiger partial charge in [-0.3, -0.25) is 14.4 Å². The van der Waals surface area contributed by atoms with Crippen LogP contribution in [0.2, 0.25) is 0 Å². The molecule has 0 heterocycles. The molecule has 0 amide bonds. The van der Waals surface area contributed by atoms with Gasteiger partial charge in [-0.25, -0.2) is 0 Å². The van der Waals surface area contributed by atoms with E-state index in [9.17, 15) is 14.4 Å². The van der Waals surface area contributed by atoms with Crippen LogP contribution in [0.1, 0.15) is 400 Å². The summed E-state index contributed by atoms with van der Waals surface area (Å²) < 4.78 is 17.0. The molecule has 0 aliphatic rings. The smallest absolute Gasteiger partial charge is 0.306 e. The molecule has 0 aromatic heterocycles. The molecule has 0 N–H and O–H groups in total. The lowest BCUT2D eigenvalue weighted by Gasteiger charge is -2.18. The van der Waals surface area contributed by atoms with E-state index in [1.54, 1.807) is 0 Å². The number of carbonyl (C=O) groups is 3. The summed E-state index contributed by atoms with van der Waals surface area (Å²) in [6.07, 6.45) is 90.1. The fraction of sp³-hybridized carbons (Fsp3) is 0.855. The summed E-state index contributed by atoms with van der Waals surface area (Å²) in [5, 5.41) is 0. The Labute approximate surface area is 511 Å². The van der Waals surface area contributed by atoms with Gasteiger partial charge in [-0.05, 0) is 83.5 Å². The van der Waals surface area contributed by atoms with Crippen LogP contribution < -0.4 is 0 Å². The van der Waals surface area contributed by atoms with E-state index in [0.717, 1.165) is 77.0 Å². The first-order valence-corrected chi connectivity index (χ1v) is 36.6. The SMILES string of the molecule is CCCCCC/C=C\C/C=C\CCCCCCCCCC(=O)OC(COC(=O)CCCCCCCCCCCCCCC)COC(=O)CCCCCCCCCCCCCCCCCCCCCCC/C=C\C/C=C\CCCCCCC. The molecule has 1 unspecified atom stereocenters. The van der Waals surface area contributed by atoms with Gasteiger partial charge in [0.25, 0.3) is 0 Å². The topological polar surface area (TPSA) is 78.9 Å². The summed E-state index contributed by atoms with van der Waals surface area (Å²) in [5.74, 6) is -0.850. The molecule has 0 saturated carbocycles. The van der Waals surface area contributed by atoms with Crippen molar-refractivity contribution in [1.29, 1.82) is 0 Å². The van der Waals surface area contributed by atoms with Crippen molar-refractivity contribution in [1.82, 2.24) is 0 Å². The number of unbranched alkanes of at least 4 members (excludes halogenated alkanes) is 49. The Kier molecular flexibility index (Phi) is 68.6. The first-order chi connectivity index (χ1) is 40.5.